The van der Waals surface area contributed by atoms with Gasteiger partial charge >= 0.3 is 0 Å². The van der Waals surface area contributed by atoms with Crippen molar-refractivity contribution in [2.45, 2.75) is 52.6 Å². The lowest BCUT2D eigenvalue weighted by atomic mass is 10.1. The first kappa shape index (κ1) is 16.2. The van der Waals surface area contributed by atoms with Gasteiger partial charge in [-0.15, -0.1) is 0 Å². The van der Waals surface area contributed by atoms with Crippen molar-refractivity contribution in [3.63, 3.8) is 0 Å². The van der Waals surface area contributed by atoms with E-state index in [1.54, 1.807) is 0 Å². The van der Waals surface area contributed by atoms with E-state index in [9.17, 15) is 0 Å². The third-order valence-corrected chi connectivity index (χ3v) is 3.65. The van der Waals surface area contributed by atoms with Gasteiger partial charge in [-0.2, -0.15) is 0 Å². The molecule has 110 valence electrons. The molecule has 19 heavy (non-hydrogen) atoms. The van der Waals surface area contributed by atoms with E-state index in [1.165, 1.54) is 32.5 Å². The Morgan fingerprint density at radius 3 is 2.68 bits per heavy atom. The van der Waals surface area contributed by atoms with Gasteiger partial charge in [-0.3, -0.25) is 0 Å². The molecule has 1 aromatic rings. The Hall–Kier alpha value is -0.870. The predicted molar refractivity (Wildman–Crippen MR) is 81.3 cm³/mol. The summed E-state index contributed by atoms with van der Waals surface area (Å²) in [6, 6.07) is 0.623. The molecule has 0 bridgehead atoms. The lowest BCUT2D eigenvalue weighted by Gasteiger charge is -2.19. The number of hydrogen-bond acceptors (Lipinski definition) is 3. The SMILES string of the molecule is CCN(CC)CCCC(C)NCCCn1ccnc1. The zero-order valence-corrected chi connectivity index (χ0v) is 12.8. The van der Waals surface area contributed by atoms with E-state index in [2.05, 4.69) is 40.5 Å². The maximum atomic E-state index is 4.05. The molecule has 0 aliphatic heterocycles. The largest absolute Gasteiger partial charge is 0.337 e. The van der Waals surface area contributed by atoms with Gasteiger partial charge in [0.2, 0.25) is 0 Å². The number of rotatable bonds is 11. The van der Waals surface area contributed by atoms with Crippen molar-refractivity contribution >= 4 is 0 Å². The average Bonchev–Trinajstić information content (AvgIpc) is 2.93. The Morgan fingerprint density at radius 2 is 2.05 bits per heavy atom. The van der Waals surface area contributed by atoms with Crippen LogP contribution in [0.25, 0.3) is 0 Å². The van der Waals surface area contributed by atoms with E-state index in [-0.39, 0.29) is 0 Å². The fourth-order valence-electron chi connectivity index (χ4n) is 2.29. The summed E-state index contributed by atoms with van der Waals surface area (Å²) in [7, 11) is 0. The molecule has 0 fully saturated rings. The van der Waals surface area contributed by atoms with E-state index in [4.69, 9.17) is 0 Å². The second kappa shape index (κ2) is 9.98. The molecule has 4 nitrogen and oxygen atoms in total. The second-order valence-electron chi connectivity index (χ2n) is 5.18. The molecule has 0 aliphatic rings. The minimum Gasteiger partial charge on any atom is -0.337 e. The van der Waals surface area contributed by atoms with Crippen LogP contribution >= 0.6 is 0 Å². The van der Waals surface area contributed by atoms with Gasteiger partial charge < -0.3 is 14.8 Å². The van der Waals surface area contributed by atoms with E-state index >= 15 is 0 Å². The normalized spacial score (nSPS) is 13.1. The Morgan fingerprint density at radius 1 is 1.26 bits per heavy atom. The molecule has 0 amide bonds. The molecule has 0 aromatic carbocycles. The standard InChI is InChI=1S/C15H30N4/c1-4-18(5-2)11-6-8-15(3)17-9-7-12-19-13-10-16-14-19/h10,13-15,17H,4-9,11-12H2,1-3H3. The van der Waals surface area contributed by atoms with Crippen LogP contribution in [0.3, 0.4) is 0 Å². The smallest absolute Gasteiger partial charge is 0.0945 e. The molecule has 1 unspecified atom stereocenters. The van der Waals surface area contributed by atoms with Crippen LogP contribution in [0.4, 0.5) is 0 Å². The van der Waals surface area contributed by atoms with Crippen LogP contribution in [0.1, 0.15) is 40.0 Å². The van der Waals surface area contributed by atoms with Gasteiger partial charge in [-0.05, 0) is 52.4 Å². The monoisotopic (exact) mass is 266 g/mol. The van der Waals surface area contributed by atoms with Crippen molar-refractivity contribution in [1.82, 2.24) is 19.8 Å². The summed E-state index contributed by atoms with van der Waals surface area (Å²) >= 11 is 0. The first-order valence-corrected chi connectivity index (χ1v) is 7.67. The predicted octanol–water partition coefficient (Wildman–Crippen LogP) is 2.37. The summed E-state index contributed by atoms with van der Waals surface area (Å²) in [5.41, 5.74) is 0. The molecule has 4 heteroatoms. The highest BCUT2D eigenvalue weighted by molar-refractivity contribution is 4.74. The Balaban J connectivity index is 1.97. The summed E-state index contributed by atoms with van der Waals surface area (Å²) in [5, 5.41) is 3.60. The molecule has 0 saturated carbocycles. The fraction of sp³-hybridized carbons (Fsp3) is 0.800. The topological polar surface area (TPSA) is 33.1 Å². The highest BCUT2D eigenvalue weighted by Gasteiger charge is 2.03. The molecule has 1 atom stereocenters. The third kappa shape index (κ3) is 7.33. The summed E-state index contributed by atoms with van der Waals surface area (Å²) in [5.74, 6) is 0. The number of hydrogen-bond donors (Lipinski definition) is 1. The Bertz CT molecular complexity index is 293. The van der Waals surface area contributed by atoms with Crippen molar-refractivity contribution in [2.75, 3.05) is 26.2 Å². The number of imidazole rings is 1. The van der Waals surface area contributed by atoms with Gasteiger partial charge in [0.05, 0.1) is 6.33 Å². The third-order valence-electron chi connectivity index (χ3n) is 3.65. The maximum absolute atomic E-state index is 4.05. The minimum atomic E-state index is 0.623. The number of aromatic nitrogens is 2. The Kier molecular flexibility index (Phi) is 8.50. The molecule has 0 saturated heterocycles. The number of nitrogens with zero attached hydrogens (tertiary/aromatic N) is 3. The van der Waals surface area contributed by atoms with E-state index in [0.717, 1.165) is 19.5 Å². The van der Waals surface area contributed by atoms with Crippen molar-refractivity contribution in [1.29, 1.82) is 0 Å². The van der Waals surface area contributed by atoms with Crippen LogP contribution in [0.15, 0.2) is 18.7 Å². The summed E-state index contributed by atoms with van der Waals surface area (Å²) in [6.45, 7) is 12.5. The first-order valence-electron chi connectivity index (χ1n) is 7.67. The minimum absolute atomic E-state index is 0.623. The first-order chi connectivity index (χ1) is 9.26. The van der Waals surface area contributed by atoms with Crippen molar-refractivity contribution < 1.29 is 0 Å². The molecule has 0 spiro atoms. The summed E-state index contributed by atoms with van der Waals surface area (Å²) in [4.78, 5) is 6.54. The van der Waals surface area contributed by atoms with Gasteiger partial charge in [0.25, 0.3) is 0 Å². The maximum Gasteiger partial charge on any atom is 0.0945 e. The van der Waals surface area contributed by atoms with Gasteiger partial charge in [-0.25, -0.2) is 4.98 Å². The zero-order chi connectivity index (χ0) is 13.9. The van der Waals surface area contributed by atoms with E-state index in [0.29, 0.717) is 6.04 Å². The fourth-order valence-corrected chi connectivity index (χ4v) is 2.29. The highest BCUT2D eigenvalue weighted by Crippen LogP contribution is 2.00. The molecule has 1 aromatic heterocycles. The number of aryl methyl sites for hydroxylation is 1. The van der Waals surface area contributed by atoms with Gasteiger partial charge in [0.15, 0.2) is 0 Å². The van der Waals surface area contributed by atoms with Gasteiger partial charge in [-0.1, -0.05) is 13.8 Å². The van der Waals surface area contributed by atoms with E-state index < -0.39 is 0 Å². The molecule has 1 rings (SSSR count). The summed E-state index contributed by atoms with van der Waals surface area (Å²) in [6.07, 6.45) is 9.46. The molecule has 0 radical (unpaired) electrons. The number of nitrogens with one attached hydrogen (secondary N) is 1. The molecule has 1 N–H and O–H groups in total. The second-order valence-corrected chi connectivity index (χ2v) is 5.18. The zero-order valence-electron chi connectivity index (χ0n) is 12.8. The molecular formula is C15H30N4. The quantitative estimate of drug-likeness (QED) is 0.624. The van der Waals surface area contributed by atoms with Crippen LogP contribution in [0.5, 0.6) is 0 Å². The van der Waals surface area contributed by atoms with Crippen LogP contribution < -0.4 is 5.32 Å². The van der Waals surface area contributed by atoms with Crippen molar-refractivity contribution in [2.24, 2.45) is 0 Å². The van der Waals surface area contributed by atoms with Gasteiger partial charge in [0, 0.05) is 25.0 Å². The van der Waals surface area contributed by atoms with Crippen LogP contribution in [-0.2, 0) is 6.54 Å². The average molecular weight is 266 g/mol. The molecule has 1 heterocycles. The summed E-state index contributed by atoms with van der Waals surface area (Å²) < 4.78 is 2.13. The van der Waals surface area contributed by atoms with E-state index in [1.807, 2.05) is 18.7 Å². The molecular weight excluding hydrogens is 236 g/mol. The van der Waals surface area contributed by atoms with Crippen LogP contribution in [-0.4, -0.2) is 46.7 Å². The van der Waals surface area contributed by atoms with Crippen molar-refractivity contribution in [3.05, 3.63) is 18.7 Å². The van der Waals surface area contributed by atoms with Crippen LogP contribution in [0, 0.1) is 0 Å². The lowest BCUT2D eigenvalue weighted by Crippen LogP contribution is -2.30. The molecule has 0 aliphatic carbocycles. The highest BCUT2D eigenvalue weighted by atomic mass is 15.1. The lowest BCUT2D eigenvalue weighted by molar-refractivity contribution is 0.290. The Labute approximate surface area is 118 Å². The van der Waals surface area contributed by atoms with Crippen LogP contribution in [0.2, 0.25) is 0 Å². The van der Waals surface area contributed by atoms with Crippen molar-refractivity contribution in [3.8, 4) is 0 Å². The van der Waals surface area contributed by atoms with Gasteiger partial charge in [0.1, 0.15) is 0 Å².